The number of hydrogen-bond acceptors (Lipinski definition) is 5. The Kier molecular flexibility index (Phi) is 6.55. The van der Waals surface area contributed by atoms with Gasteiger partial charge in [-0.05, 0) is 60.9 Å². The summed E-state index contributed by atoms with van der Waals surface area (Å²) in [6.45, 7) is 1.77. The topological polar surface area (TPSA) is 70.9 Å². The third-order valence-corrected chi connectivity index (χ3v) is 4.62. The van der Waals surface area contributed by atoms with E-state index in [2.05, 4.69) is 20.3 Å². The minimum Gasteiger partial charge on any atom is -0.506 e. The molecule has 0 radical (unpaired) electrons. The van der Waals surface area contributed by atoms with Crippen molar-refractivity contribution in [2.45, 2.75) is 19.5 Å². The van der Waals surface area contributed by atoms with E-state index in [1.807, 2.05) is 12.1 Å². The molecule has 2 heterocycles. The molecule has 5 nitrogen and oxygen atoms in total. The van der Waals surface area contributed by atoms with Gasteiger partial charge in [-0.1, -0.05) is 12.1 Å². The fourth-order valence-corrected chi connectivity index (χ4v) is 3.21. The van der Waals surface area contributed by atoms with E-state index < -0.39 is 11.7 Å². The van der Waals surface area contributed by atoms with Gasteiger partial charge in [0.2, 0.25) is 5.95 Å². The quantitative estimate of drug-likeness (QED) is 0.387. The van der Waals surface area contributed by atoms with E-state index >= 15 is 0 Å². The molecule has 0 atom stereocenters. The van der Waals surface area contributed by atoms with Crippen molar-refractivity contribution >= 4 is 22.5 Å². The van der Waals surface area contributed by atoms with Crippen LogP contribution in [0.15, 0.2) is 60.9 Å². The molecule has 0 saturated heterocycles. The van der Waals surface area contributed by atoms with Crippen LogP contribution in [0.1, 0.15) is 22.4 Å². The molecule has 154 valence electrons. The van der Waals surface area contributed by atoms with E-state index in [1.54, 1.807) is 31.3 Å². The van der Waals surface area contributed by atoms with Crippen LogP contribution in [0.3, 0.4) is 0 Å². The van der Waals surface area contributed by atoms with Gasteiger partial charge in [0.25, 0.3) is 0 Å². The van der Waals surface area contributed by atoms with Crippen molar-refractivity contribution < 1.29 is 37.8 Å². The van der Waals surface area contributed by atoms with Crippen molar-refractivity contribution in [1.29, 1.82) is 0 Å². The number of nitrogens with zero attached hydrogens (tertiary/aromatic N) is 3. The number of fused-ring (bicyclic) bond motifs is 1. The summed E-state index contributed by atoms with van der Waals surface area (Å²) in [7, 11) is 0. The van der Waals surface area contributed by atoms with Crippen molar-refractivity contribution in [1.82, 2.24) is 15.0 Å². The molecule has 0 amide bonds. The SMILES string of the molecule is Cc1ccnc(Nc2cc(C(F)(F)F)ccc2Cc2cc(O)c3ncccc3c2)n1.[Zn]. The predicted molar refractivity (Wildman–Crippen MR) is 108 cm³/mol. The number of phenols is 1. The summed E-state index contributed by atoms with van der Waals surface area (Å²) in [6.07, 6.45) is -1.06. The Morgan fingerprint density at radius 2 is 1.81 bits per heavy atom. The number of benzene rings is 2. The second-order valence-corrected chi connectivity index (χ2v) is 6.88. The molecule has 9 heteroatoms. The summed E-state index contributed by atoms with van der Waals surface area (Å²) in [4.78, 5) is 12.4. The molecule has 4 aromatic rings. The first-order chi connectivity index (χ1) is 14.3. The summed E-state index contributed by atoms with van der Waals surface area (Å²) in [5.41, 5.74) is 1.98. The molecular formula is C22H17F3N4OZn. The van der Waals surface area contributed by atoms with Crippen molar-refractivity contribution in [3.8, 4) is 5.75 Å². The van der Waals surface area contributed by atoms with E-state index in [-0.39, 0.29) is 36.9 Å². The van der Waals surface area contributed by atoms with Crippen molar-refractivity contribution in [2.24, 2.45) is 0 Å². The average Bonchev–Trinajstić information content (AvgIpc) is 2.68. The van der Waals surface area contributed by atoms with Gasteiger partial charge in [0.15, 0.2) is 0 Å². The molecule has 2 aromatic heterocycles. The number of pyridine rings is 1. The second-order valence-electron chi connectivity index (χ2n) is 6.88. The predicted octanol–water partition coefficient (Wildman–Crippen LogP) is 5.39. The molecule has 31 heavy (non-hydrogen) atoms. The van der Waals surface area contributed by atoms with Crippen LogP contribution in [-0.4, -0.2) is 20.1 Å². The van der Waals surface area contributed by atoms with Crippen molar-refractivity contribution in [2.75, 3.05) is 5.32 Å². The number of hydrogen-bond donors (Lipinski definition) is 2. The fraction of sp³-hybridized carbons (Fsp3) is 0.136. The Labute approximate surface area is 189 Å². The van der Waals surface area contributed by atoms with Crippen LogP contribution >= 0.6 is 0 Å². The molecule has 0 aliphatic carbocycles. The van der Waals surface area contributed by atoms with Crippen LogP contribution in [0, 0.1) is 6.92 Å². The van der Waals surface area contributed by atoms with Gasteiger partial charge < -0.3 is 10.4 Å². The molecule has 0 bridgehead atoms. The number of phenolic OH excluding ortho intramolecular Hbond substituents is 1. The van der Waals surface area contributed by atoms with Gasteiger partial charge in [-0.3, -0.25) is 4.98 Å². The second kappa shape index (κ2) is 8.98. The zero-order valence-electron chi connectivity index (χ0n) is 16.6. The molecule has 2 aromatic carbocycles. The molecule has 2 N–H and O–H groups in total. The first-order valence-electron chi connectivity index (χ1n) is 9.13. The Morgan fingerprint density at radius 1 is 1.00 bits per heavy atom. The molecule has 0 unspecified atom stereocenters. The minimum absolute atomic E-state index is 0. The van der Waals surface area contributed by atoms with Gasteiger partial charge in [0.1, 0.15) is 11.3 Å². The van der Waals surface area contributed by atoms with Crippen LogP contribution in [0.2, 0.25) is 0 Å². The molecule has 0 fully saturated rings. The number of aromatic hydroxyl groups is 1. The summed E-state index contributed by atoms with van der Waals surface area (Å²) >= 11 is 0. The van der Waals surface area contributed by atoms with Gasteiger partial charge in [0.05, 0.1) is 5.56 Å². The number of aromatic nitrogens is 3. The summed E-state index contributed by atoms with van der Waals surface area (Å²) in [5.74, 6) is 0.229. The number of alkyl halides is 3. The van der Waals surface area contributed by atoms with Gasteiger partial charge in [-0.2, -0.15) is 13.2 Å². The van der Waals surface area contributed by atoms with E-state index in [0.29, 0.717) is 23.2 Å². The number of rotatable bonds is 4. The molecule has 0 spiro atoms. The molecule has 0 saturated carbocycles. The van der Waals surface area contributed by atoms with Crippen molar-refractivity contribution in [3.05, 3.63) is 83.3 Å². The fourth-order valence-electron chi connectivity index (χ4n) is 3.21. The Hall–Kier alpha value is -3.06. The normalized spacial score (nSPS) is 11.2. The maximum absolute atomic E-state index is 13.3. The van der Waals surface area contributed by atoms with Gasteiger partial charge >= 0.3 is 6.18 Å². The largest absolute Gasteiger partial charge is 0.506 e. The van der Waals surface area contributed by atoms with E-state index in [4.69, 9.17) is 0 Å². The summed E-state index contributed by atoms with van der Waals surface area (Å²) < 4.78 is 39.8. The van der Waals surface area contributed by atoms with Crippen LogP contribution in [0.5, 0.6) is 5.75 Å². The van der Waals surface area contributed by atoms with E-state index in [1.165, 1.54) is 12.3 Å². The number of aryl methyl sites for hydroxylation is 1. The maximum Gasteiger partial charge on any atom is 0.416 e. The van der Waals surface area contributed by atoms with Crippen molar-refractivity contribution in [3.63, 3.8) is 0 Å². The van der Waals surface area contributed by atoms with Gasteiger partial charge in [0, 0.05) is 48.6 Å². The zero-order valence-corrected chi connectivity index (χ0v) is 19.6. The smallest absolute Gasteiger partial charge is 0.416 e. The number of halogens is 3. The number of anilines is 2. The number of nitrogens with one attached hydrogen (secondary N) is 1. The average molecular weight is 476 g/mol. The third kappa shape index (κ3) is 5.17. The molecular weight excluding hydrogens is 459 g/mol. The standard InChI is InChI=1S/C22H17F3N4O.Zn/c1-13-6-8-27-21(28-13)29-18-12-17(22(23,24)25)5-4-15(18)9-14-10-16-3-2-7-26-20(16)19(30)11-14;/h2-8,10-12,30H,9H2,1H3,(H,27,28,29);. The third-order valence-electron chi connectivity index (χ3n) is 4.62. The summed E-state index contributed by atoms with van der Waals surface area (Å²) in [5, 5.41) is 13.9. The Bertz CT molecular complexity index is 1230. The first-order valence-corrected chi connectivity index (χ1v) is 9.13. The van der Waals surface area contributed by atoms with E-state index in [9.17, 15) is 18.3 Å². The van der Waals surface area contributed by atoms with Crippen LogP contribution in [-0.2, 0) is 32.1 Å². The van der Waals surface area contributed by atoms with Gasteiger partial charge in [-0.25, -0.2) is 9.97 Å². The minimum atomic E-state index is -4.48. The molecule has 0 aliphatic heterocycles. The zero-order chi connectivity index (χ0) is 21.3. The molecule has 4 rings (SSSR count). The van der Waals surface area contributed by atoms with E-state index in [0.717, 1.165) is 23.1 Å². The van der Waals surface area contributed by atoms with Crippen LogP contribution in [0.25, 0.3) is 10.9 Å². The molecule has 0 aliphatic rings. The monoisotopic (exact) mass is 474 g/mol. The van der Waals surface area contributed by atoms with Gasteiger partial charge in [-0.15, -0.1) is 0 Å². The van der Waals surface area contributed by atoms with Crippen LogP contribution in [0.4, 0.5) is 24.8 Å². The Morgan fingerprint density at radius 3 is 2.55 bits per heavy atom. The maximum atomic E-state index is 13.3. The van der Waals surface area contributed by atoms with Crippen LogP contribution < -0.4 is 5.32 Å². The summed E-state index contributed by atoms with van der Waals surface area (Å²) in [6, 6.07) is 12.2. The first kappa shape index (κ1) is 22.6. The Balaban J connectivity index is 0.00000272.